The van der Waals surface area contributed by atoms with Crippen LogP contribution in [0.1, 0.15) is 22.8 Å². The molecule has 0 amide bonds. The molecule has 0 radical (unpaired) electrons. The molecule has 0 saturated carbocycles. The highest BCUT2D eigenvalue weighted by atomic mass is 35.5. The van der Waals surface area contributed by atoms with Crippen molar-refractivity contribution < 1.29 is 0 Å². The van der Waals surface area contributed by atoms with Gasteiger partial charge in [0.25, 0.3) is 0 Å². The lowest BCUT2D eigenvalue weighted by Gasteiger charge is -2.31. The van der Waals surface area contributed by atoms with Crippen LogP contribution < -0.4 is 15.1 Å². The number of halogens is 2. The number of nitrogens with zero attached hydrogens (tertiary/aromatic N) is 3. The maximum Gasteiger partial charge on any atom is 0.169 e. The van der Waals surface area contributed by atoms with Gasteiger partial charge in [0.1, 0.15) is 0 Å². The Morgan fingerprint density at radius 3 is 2.38 bits per heavy atom. The third kappa shape index (κ3) is 7.71. The normalized spacial score (nSPS) is 18.2. The first-order valence-corrected chi connectivity index (χ1v) is 15.2. The Morgan fingerprint density at radius 1 is 1.02 bits per heavy atom. The fourth-order valence-electron chi connectivity index (χ4n) is 4.35. The Kier molecular flexibility index (Phi) is 10.8. The summed E-state index contributed by atoms with van der Waals surface area (Å²) in [6.07, 6.45) is 11.3. The predicted octanol–water partition coefficient (Wildman–Crippen LogP) is 8.89. The van der Waals surface area contributed by atoms with E-state index in [9.17, 15) is 0 Å². The molecule has 3 nitrogen and oxygen atoms in total. The van der Waals surface area contributed by atoms with E-state index in [1.54, 1.807) is 11.8 Å². The third-order valence-corrected chi connectivity index (χ3v) is 8.74. The Balaban J connectivity index is 1.80. The zero-order chi connectivity index (χ0) is 28.6. The van der Waals surface area contributed by atoms with Crippen molar-refractivity contribution in [1.82, 2.24) is 0 Å². The van der Waals surface area contributed by atoms with Gasteiger partial charge in [0.15, 0.2) is 5.17 Å². The lowest BCUT2D eigenvalue weighted by atomic mass is 10.0. The summed E-state index contributed by atoms with van der Waals surface area (Å²) in [6.45, 7) is 4.55. The van der Waals surface area contributed by atoms with Crippen LogP contribution >= 0.6 is 44.2 Å². The Bertz CT molecular complexity index is 1440. The van der Waals surface area contributed by atoms with Crippen molar-refractivity contribution >= 4 is 71.7 Å². The maximum atomic E-state index is 6.48. The molecular formula is C33H34Cl2N3PS. The molecular weight excluding hydrogens is 572 g/mol. The van der Waals surface area contributed by atoms with Gasteiger partial charge in [-0.2, -0.15) is 0 Å². The zero-order valence-electron chi connectivity index (χ0n) is 23.0. The molecule has 0 aliphatic heterocycles. The van der Waals surface area contributed by atoms with Gasteiger partial charge < -0.3 is 4.90 Å². The van der Waals surface area contributed by atoms with Gasteiger partial charge in [-0.25, -0.2) is 0 Å². The maximum absolute atomic E-state index is 6.48. The van der Waals surface area contributed by atoms with Crippen LogP contribution in [0.4, 0.5) is 11.4 Å². The topological polar surface area (TPSA) is 18.8 Å². The van der Waals surface area contributed by atoms with Crippen molar-refractivity contribution in [3.63, 3.8) is 0 Å². The summed E-state index contributed by atoms with van der Waals surface area (Å²) in [5, 5.41) is 2.43. The van der Waals surface area contributed by atoms with Crippen LogP contribution in [0.3, 0.4) is 0 Å². The summed E-state index contributed by atoms with van der Waals surface area (Å²) in [5.74, 6) is 0. The molecule has 0 spiro atoms. The highest BCUT2D eigenvalue weighted by Gasteiger charge is 2.26. The quantitative estimate of drug-likeness (QED) is 0.0880. The van der Waals surface area contributed by atoms with Gasteiger partial charge in [-0.15, -0.1) is 20.8 Å². The van der Waals surface area contributed by atoms with Gasteiger partial charge in [0.05, 0.1) is 10.6 Å². The molecule has 0 N–H and O–H groups in total. The molecule has 206 valence electrons. The first-order valence-electron chi connectivity index (χ1n) is 13.0. The molecule has 3 atom stereocenters. The predicted molar refractivity (Wildman–Crippen MR) is 184 cm³/mol. The zero-order valence-corrected chi connectivity index (χ0v) is 26.5. The Morgan fingerprint density at radius 2 is 1.73 bits per heavy atom. The fourth-order valence-corrected chi connectivity index (χ4v) is 6.18. The van der Waals surface area contributed by atoms with E-state index in [4.69, 9.17) is 28.2 Å². The smallest absolute Gasteiger partial charge is 0.169 e. The number of alkyl halides is 1. The van der Waals surface area contributed by atoms with E-state index in [0.717, 1.165) is 50.7 Å². The fraction of sp³-hybridized carbons (Fsp3) is 0.182. The summed E-state index contributed by atoms with van der Waals surface area (Å²) < 4.78 is 0. The van der Waals surface area contributed by atoms with Crippen LogP contribution in [0.15, 0.2) is 120 Å². The first-order chi connectivity index (χ1) is 19.3. The molecule has 0 saturated heterocycles. The van der Waals surface area contributed by atoms with E-state index < -0.39 is 0 Å². The number of anilines is 2. The van der Waals surface area contributed by atoms with E-state index in [1.807, 2.05) is 51.5 Å². The summed E-state index contributed by atoms with van der Waals surface area (Å²) in [5.41, 5.74) is 6.26. The van der Waals surface area contributed by atoms with Crippen molar-refractivity contribution in [1.29, 1.82) is 0 Å². The number of benzene rings is 3. The van der Waals surface area contributed by atoms with Gasteiger partial charge in [-0.1, -0.05) is 90.7 Å². The number of hydrogen-bond acceptors (Lipinski definition) is 3. The minimum absolute atomic E-state index is 0.0491. The monoisotopic (exact) mass is 605 g/mol. The highest BCUT2D eigenvalue weighted by Crippen LogP contribution is 2.42. The number of thioether (sulfide) groups is 1. The minimum atomic E-state index is -0.149. The number of aliphatic imine (C=N–C) groups is 1. The second-order valence-electron chi connectivity index (χ2n) is 9.55. The van der Waals surface area contributed by atoms with Crippen molar-refractivity contribution in [3.8, 4) is 0 Å². The van der Waals surface area contributed by atoms with E-state index in [1.165, 1.54) is 0 Å². The SMILES string of the molecule is C=C(c1cccc(P)c1)N(C(=NC)SC(C1=C/CC=CC(Cl)/C=C\1)c1ccc(Cl)cc1)c1ccc(N(C)C)cc1. The summed E-state index contributed by atoms with van der Waals surface area (Å²) in [7, 11) is 8.69. The number of hydrogen-bond donors (Lipinski definition) is 0. The van der Waals surface area contributed by atoms with Gasteiger partial charge in [0.2, 0.25) is 0 Å². The molecule has 0 heterocycles. The Labute approximate surface area is 255 Å². The van der Waals surface area contributed by atoms with Gasteiger partial charge in [0, 0.05) is 43.2 Å². The largest absolute Gasteiger partial charge is 0.378 e. The second kappa shape index (κ2) is 14.2. The molecule has 3 aromatic rings. The van der Waals surface area contributed by atoms with E-state index in [2.05, 4.69) is 98.4 Å². The van der Waals surface area contributed by atoms with E-state index in [0.29, 0.717) is 5.02 Å². The summed E-state index contributed by atoms with van der Waals surface area (Å²) in [6, 6.07) is 24.8. The van der Waals surface area contributed by atoms with Crippen LogP contribution in [-0.2, 0) is 0 Å². The molecule has 40 heavy (non-hydrogen) atoms. The van der Waals surface area contributed by atoms with Crippen LogP contribution in [0.2, 0.25) is 5.02 Å². The molecule has 1 aliphatic rings. The van der Waals surface area contributed by atoms with Crippen LogP contribution in [0, 0.1) is 0 Å². The molecule has 4 rings (SSSR count). The Hall–Kier alpha value is -2.75. The van der Waals surface area contributed by atoms with Crippen LogP contribution in [0.25, 0.3) is 5.70 Å². The lowest BCUT2D eigenvalue weighted by Crippen LogP contribution is -2.28. The van der Waals surface area contributed by atoms with Crippen molar-refractivity contribution in [2.75, 3.05) is 30.9 Å². The molecule has 7 heteroatoms. The molecule has 0 bridgehead atoms. The minimum Gasteiger partial charge on any atom is -0.378 e. The third-order valence-electron chi connectivity index (χ3n) is 6.48. The number of allylic oxidation sites excluding steroid dienone is 5. The van der Waals surface area contributed by atoms with E-state index >= 15 is 0 Å². The average Bonchev–Trinajstić information content (AvgIpc) is 2.94. The summed E-state index contributed by atoms with van der Waals surface area (Å²) >= 11 is 14.4. The molecule has 3 aromatic carbocycles. The molecule has 3 unspecified atom stereocenters. The van der Waals surface area contributed by atoms with Crippen molar-refractivity contribution in [3.05, 3.63) is 131 Å². The number of amidine groups is 1. The van der Waals surface area contributed by atoms with Crippen LogP contribution in [0.5, 0.6) is 0 Å². The van der Waals surface area contributed by atoms with Crippen molar-refractivity contribution in [2.24, 2.45) is 4.99 Å². The van der Waals surface area contributed by atoms with E-state index in [-0.39, 0.29) is 10.6 Å². The summed E-state index contributed by atoms with van der Waals surface area (Å²) in [4.78, 5) is 9.07. The highest BCUT2D eigenvalue weighted by molar-refractivity contribution is 8.14. The van der Waals surface area contributed by atoms with Crippen molar-refractivity contribution in [2.45, 2.75) is 17.0 Å². The first kappa shape index (κ1) is 30.2. The molecule has 0 aromatic heterocycles. The average molecular weight is 607 g/mol. The van der Waals surface area contributed by atoms with Gasteiger partial charge >= 0.3 is 0 Å². The standard InChI is InChI=1S/C33H34Cl2N3PS/c1-23(26-9-7-11-31(39)22-26)38(30-20-18-29(19-21-30)37(3)4)33(36-2)40-32(25-13-16-28(35)17-14-25)24-8-5-6-10-27(34)15-12-24/h6-22,27,32H,1,5,39H2,2-4H3/b10-6?,15-12-,24-8+,36-33?. The van der Waals surface area contributed by atoms with Crippen LogP contribution in [-0.4, -0.2) is 31.7 Å². The lowest BCUT2D eigenvalue weighted by molar-refractivity contribution is 1.12. The molecule has 1 aliphatic carbocycles. The second-order valence-corrected chi connectivity index (χ2v) is 12.2. The van der Waals surface area contributed by atoms with Gasteiger partial charge in [-0.05, 0) is 70.9 Å². The number of rotatable bonds is 7. The van der Waals surface area contributed by atoms with Gasteiger partial charge in [-0.3, -0.25) is 9.89 Å². The molecule has 0 fully saturated rings.